The van der Waals surface area contributed by atoms with Crippen LogP contribution in [0.25, 0.3) is 0 Å². The molecule has 174 valence electrons. The summed E-state index contributed by atoms with van der Waals surface area (Å²) in [5, 5.41) is 12.5. The Bertz CT molecular complexity index is 1320. The molecule has 0 radical (unpaired) electrons. The Morgan fingerprint density at radius 3 is 2.62 bits per heavy atom. The van der Waals surface area contributed by atoms with Crippen LogP contribution in [0.2, 0.25) is 0 Å². The number of benzene rings is 2. The summed E-state index contributed by atoms with van der Waals surface area (Å²) in [6.45, 7) is 2.24. The van der Waals surface area contributed by atoms with E-state index in [4.69, 9.17) is 4.74 Å². The van der Waals surface area contributed by atoms with Gasteiger partial charge >= 0.3 is 0 Å². The minimum Gasteiger partial charge on any atom is -0.502 e. The SMILES string of the molecule is C[C@@H]1C/C=C/COc2c(F)cccc2[C@H](c2ccccc2)N2CN1C(=O)c1c(O)c(=O)ccn12. The van der Waals surface area contributed by atoms with E-state index in [2.05, 4.69) is 0 Å². The number of pyridine rings is 1. The first-order valence-electron chi connectivity index (χ1n) is 11.1. The van der Waals surface area contributed by atoms with Gasteiger partial charge in [-0.15, -0.1) is 0 Å². The molecule has 0 unspecified atom stereocenters. The van der Waals surface area contributed by atoms with Crippen molar-refractivity contribution in [2.24, 2.45) is 0 Å². The van der Waals surface area contributed by atoms with E-state index in [1.807, 2.05) is 48.3 Å². The van der Waals surface area contributed by atoms with E-state index in [9.17, 15) is 14.7 Å². The summed E-state index contributed by atoms with van der Waals surface area (Å²) < 4.78 is 22.4. The van der Waals surface area contributed by atoms with Crippen LogP contribution in [-0.2, 0) is 0 Å². The fraction of sp³-hybridized carbons (Fsp3) is 0.231. The molecule has 7 nitrogen and oxygen atoms in total. The van der Waals surface area contributed by atoms with Crippen molar-refractivity contribution >= 4 is 5.91 Å². The molecule has 0 saturated carbocycles. The molecule has 0 saturated heterocycles. The lowest BCUT2D eigenvalue weighted by molar-refractivity contribution is 0.0606. The summed E-state index contributed by atoms with van der Waals surface area (Å²) in [5.41, 5.74) is 0.635. The van der Waals surface area contributed by atoms with Gasteiger partial charge in [0.15, 0.2) is 23.0 Å². The number of ether oxygens (including phenoxy) is 1. The number of fused-ring (bicyclic) bond motifs is 5. The zero-order chi connectivity index (χ0) is 23.8. The lowest BCUT2D eigenvalue weighted by Gasteiger charge is -2.46. The lowest BCUT2D eigenvalue weighted by atomic mass is 9.96. The van der Waals surface area contributed by atoms with Crippen LogP contribution in [0, 0.1) is 5.82 Å². The topological polar surface area (TPSA) is 75.0 Å². The van der Waals surface area contributed by atoms with Gasteiger partial charge in [-0.2, -0.15) is 0 Å². The number of carbonyl (C=O) groups excluding carboxylic acids is 1. The zero-order valence-corrected chi connectivity index (χ0v) is 18.6. The van der Waals surface area contributed by atoms with Crippen molar-refractivity contribution < 1.29 is 19.0 Å². The fourth-order valence-electron chi connectivity index (χ4n) is 4.56. The van der Waals surface area contributed by atoms with Crippen molar-refractivity contribution in [3.8, 4) is 11.5 Å². The third-order valence-corrected chi connectivity index (χ3v) is 6.30. The van der Waals surface area contributed by atoms with Crippen molar-refractivity contribution in [1.82, 2.24) is 9.58 Å². The van der Waals surface area contributed by atoms with Crippen LogP contribution in [0.1, 0.15) is 41.0 Å². The van der Waals surface area contributed by atoms with Crippen LogP contribution < -0.4 is 15.2 Å². The first kappa shape index (κ1) is 21.8. The standard InChI is InChI=1S/C26H24FN3O4/c1-17-8-5-6-15-34-25-19(11-7-12-20(25)27)22(18-9-3-2-4-10-18)30-16-28(17)26(33)23-24(32)21(31)13-14-29(23)30/h2-7,9-14,17,22,32H,8,15-16H2,1H3/b6-5+/t17-,22+/m1/s1. The third-order valence-electron chi connectivity index (χ3n) is 6.30. The lowest BCUT2D eigenvalue weighted by Crippen LogP contribution is -2.57. The van der Waals surface area contributed by atoms with E-state index in [0.717, 1.165) is 5.56 Å². The molecule has 2 aromatic carbocycles. The van der Waals surface area contributed by atoms with Crippen molar-refractivity contribution in [2.75, 3.05) is 18.3 Å². The van der Waals surface area contributed by atoms with E-state index >= 15 is 4.39 Å². The highest BCUT2D eigenvalue weighted by Gasteiger charge is 2.39. The largest absolute Gasteiger partial charge is 0.502 e. The Hall–Kier alpha value is -4.07. The molecule has 5 rings (SSSR count). The number of hydrogen-bond donors (Lipinski definition) is 1. The van der Waals surface area contributed by atoms with E-state index in [0.29, 0.717) is 12.0 Å². The van der Waals surface area contributed by atoms with Gasteiger partial charge in [0.1, 0.15) is 19.3 Å². The van der Waals surface area contributed by atoms with Crippen LogP contribution in [0.4, 0.5) is 4.39 Å². The van der Waals surface area contributed by atoms with Gasteiger partial charge in [0.2, 0.25) is 5.43 Å². The third kappa shape index (κ3) is 3.61. The van der Waals surface area contributed by atoms with Crippen molar-refractivity contribution in [3.63, 3.8) is 0 Å². The summed E-state index contributed by atoms with van der Waals surface area (Å²) in [5.74, 6) is -1.43. The minimum atomic E-state index is -0.638. The number of para-hydroxylation sites is 1. The predicted molar refractivity (Wildman–Crippen MR) is 125 cm³/mol. The number of nitrogens with zero attached hydrogens (tertiary/aromatic N) is 3. The maximum Gasteiger partial charge on any atom is 0.278 e. The number of aromatic nitrogens is 1. The first-order chi connectivity index (χ1) is 16.5. The second kappa shape index (κ2) is 8.70. The number of rotatable bonds is 1. The van der Waals surface area contributed by atoms with Crippen LogP contribution in [-0.4, -0.2) is 39.9 Å². The Balaban J connectivity index is 1.82. The molecule has 1 N–H and O–H groups in total. The zero-order valence-electron chi connectivity index (χ0n) is 18.6. The van der Waals surface area contributed by atoms with Crippen molar-refractivity contribution in [3.05, 3.63) is 106 Å². The van der Waals surface area contributed by atoms with Crippen molar-refractivity contribution in [1.29, 1.82) is 0 Å². The van der Waals surface area contributed by atoms with Gasteiger partial charge < -0.3 is 14.7 Å². The molecule has 0 fully saturated rings. The van der Waals surface area contributed by atoms with Crippen LogP contribution in [0.5, 0.6) is 11.5 Å². The molecule has 2 aliphatic rings. The summed E-state index contributed by atoms with van der Waals surface area (Å²) in [6.07, 6.45) is 5.68. The number of carbonyl (C=O) groups is 1. The van der Waals surface area contributed by atoms with E-state index in [-0.39, 0.29) is 30.8 Å². The van der Waals surface area contributed by atoms with E-state index < -0.39 is 28.9 Å². The maximum atomic E-state index is 15.0. The van der Waals surface area contributed by atoms with Crippen molar-refractivity contribution in [2.45, 2.75) is 25.4 Å². The molecule has 8 heteroatoms. The second-order valence-corrected chi connectivity index (χ2v) is 8.42. The van der Waals surface area contributed by atoms with E-state index in [1.54, 1.807) is 23.1 Å². The summed E-state index contributed by atoms with van der Waals surface area (Å²) in [6, 6.07) is 14.6. The van der Waals surface area contributed by atoms with Gasteiger partial charge in [-0.25, -0.2) is 4.39 Å². The van der Waals surface area contributed by atoms with Crippen LogP contribution in [0.15, 0.2) is 77.7 Å². The Labute approximate surface area is 195 Å². The quantitative estimate of drug-likeness (QED) is 0.561. The van der Waals surface area contributed by atoms with E-state index in [1.165, 1.54) is 23.0 Å². The Kier molecular flexibility index (Phi) is 5.57. The first-order valence-corrected chi connectivity index (χ1v) is 11.1. The molecule has 1 aromatic heterocycles. The smallest absolute Gasteiger partial charge is 0.278 e. The highest BCUT2D eigenvalue weighted by molar-refractivity contribution is 5.96. The summed E-state index contributed by atoms with van der Waals surface area (Å²) >= 11 is 0. The van der Waals surface area contributed by atoms with Gasteiger partial charge in [0.05, 0.1) is 0 Å². The molecular formula is C26H24FN3O4. The normalized spacial score (nSPS) is 20.9. The van der Waals surface area contributed by atoms with Gasteiger partial charge in [-0.1, -0.05) is 54.6 Å². The minimum absolute atomic E-state index is 0.116. The molecule has 0 aliphatic carbocycles. The van der Waals surface area contributed by atoms with Gasteiger partial charge in [0.25, 0.3) is 5.91 Å². The summed E-state index contributed by atoms with van der Waals surface area (Å²) in [4.78, 5) is 27.3. The van der Waals surface area contributed by atoms with Crippen LogP contribution in [0.3, 0.4) is 0 Å². The Morgan fingerprint density at radius 2 is 1.82 bits per heavy atom. The molecule has 3 heterocycles. The van der Waals surface area contributed by atoms with Gasteiger partial charge in [0, 0.05) is 23.9 Å². The molecule has 2 atom stereocenters. The summed E-state index contributed by atoms with van der Waals surface area (Å²) in [7, 11) is 0. The molecule has 3 aromatic rings. The number of amides is 1. The monoisotopic (exact) mass is 461 g/mol. The number of hydrogen-bond acceptors (Lipinski definition) is 5. The predicted octanol–water partition coefficient (Wildman–Crippen LogP) is 3.56. The second-order valence-electron chi connectivity index (χ2n) is 8.42. The molecule has 2 aliphatic heterocycles. The maximum absolute atomic E-state index is 15.0. The highest BCUT2D eigenvalue weighted by atomic mass is 19.1. The average molecular weight is 461 g/mol. The molecular weight excluding hydrogens is 437 g/mol. The average Bonchev–Trinajstić information content (AvgIpc) is 2.83. The fourth-order valence-corrected chi connectivity index (χ4v) is 4.56. The molecule has 34 heavy (non-hydrogen) atoms. The highest BCUT2D eigenvalue weighted by Crippen LogP contribution is 2.38. The number of halogens is 1. The number of aromatic hydroxyl groups is 1. The molecule has 1 amide bonds. The molecule has 0 spiro atoms. The Morgan fingerprint density at radius 1 is 1.03 bits per heavy atom. The van der Waals surface area contributed by atoms with Gasteiger partial charge in [-0.3, -0.25) is 19.3 Å². The van der Waals surface area contributed by atoms with Crippen LogP contribution >= 0.6 is 0 Å². The molecule has 2 bridgehead atoms. The van der Waals surface area contributed by atoms with Gasteiger partial charge in [-0.05, 0) is 25.0 Å².